The number of hydrogen-bond donors (Lipinski definition) is 1. The minimum Gasteiger partial charge on any atom is -0.486 e. The monoisotopic (exact) mass is 296 g/mol. The van der Waals surface area contributed by atoms with Crippen LogP contribution in [0.2, 0.25) is 0 Å². The molecule has 0 spiro atoms. The number of halogens is 1. The Labute approximate surface area is 110 Å². The molecule has 17 heavy (non-hydrogen) atoms. The molecule has 1 heterocycles. The molecule has 2 aliphatic rings. The van der Waals surface area contributed by atoms with Gasteiger partial charge in [-0.2, -0.15) is 0 Å². The predicted molar refractivity (Wildman–Crippen MR) is 70.6 cm³/mol. The number of aliphatic hydroxyl groups is 1. The van der Waals surface area contributed by atoms with E-state index in [0.29, 0.717) is 0 Å². The van der Waals surface area contributed by atoms with E-state index in [-0.39, 0.29) is 12.7 Å². The summed E-state index contributed by atoms with van der Waals surface area (Å²) in [5.41, 5.74) is 2.69. The van der Waals surface area contributed by atoms with Crippen molar-refractivity contribution in [2.45, 2.75) is 44.1 Å². The van der Waals surface area contributed by atoms with Crippen molar-refractivity contribution in [1.29, 1.82) is 0 Å². The maximum Gasteiger partial charge on any atom is 0.137 e. The number of benzene rings is 1. The summed E-state index contributed by atoms with van der Waals surface area (Å²) < 4.78 is 6.76. The van der Waals surface area contributed by atoms with Gasteiger partial charge >= 0.3 is 0 Å². The van der Waals surface area contributed by atoms with Crippen LogP contribution in [0.25, 0.3) is 0 Å². The van der Waals surface area contributed by atoms with E-state index in [1.807, 2.05) is 0 Å². The molecule has 1 N–H and O–H groups in total. The number of fused-ring (bicyclic) bond motifs is 1. The van der Waals surface area contributed by atoms with E-state index in [4.69, 9.17) is 9.84 Å². The summed E-state index contributed by atoms with van der Waals surface area (Å²) >= 11 is 3.60. The molecule has 1 atom stereocenters. The lowest BCUT2D eigenvalue weighted by molar-refractivity contribution is 0.134. The second-order valence-corrected chi connectivity index (χ2v) is 5.95. The van der Waals surface area contributed by atoms with Gasteiger partial charge in [0.25, 0.3) is 0 Å². The summed E-state index contributed by atoms with van der Waals surface area (Å²) in [5.74, 6) is 1.66. The minimum atomic E-state index is -0.0554. The van der Waals surface area contributed by atoms with Crippen molar-refractivity contribution >= 4 is 15.9 Å². The van der Waals surface area contributed by atoms with Gasteiger partial charge in [-0.15, -0.1) is 0 Å². The van der Waals surface area contributed by atoms with Crippen LogP contribution < -0.4 is 4.74 Å². The summed E-state index contributed by atoms with van der Waals surface area (Å²) in [4.78, 5) is 0. The van der Waals surface area contributed by atoms with E-state index in [0.717, 1.165) is 22.6 Å². The Balaban J connectivity index is 1.92. The van der Waals surface area contributed by atoms with Crippen molar-refractivity contribution in [3.05, 3.63) is 27.7 Å². The zero-order valence-corrected chi connectivity index (χ0v) is 11.4. The first-order chi connectivity index (χ1) is 8.28. The highest BCUT2D eigenvalue weighted by Gasteiger charge is 2.27. The molecule has 3 heteroatoms. The number of rotatable bonds is 2. The van der Waals surface area contributed by atoms with Gasteiger partial charge in [-0.3, -0.25) is 0 Å². The molecular weight excluding hydrogens is 280 g/mol. The molecule has 1 aliphatic heterocycles. The Hall–Kier alpha value is -0.540. The second kappa shape index (κ2) is 4.62. The van der Waals surface area contributed by atoms with Gasteiger partial charge in [0.15, 0.2) is 0 Å². The third kappa shape index (κ3) is 2.11. The second-order valence-electron chi connectivity index (χ2n) is 5.10. The third-order valence-electron chi connectivity index (χ3n) is 3.91. The van der Waals surface area contributed by atoms with Crippen molar-refractivity contribution in [3.63, 3.8) is 0 Å². The Morgan fingerprint density at radius 2 is 2.06 bits per heavy atom. The highest BCUT2D eigenvalue weighted by Crippen LogP contribution is 2.42. The zero-order chi connectivity index (χ0) is 11.8. The van der Waals surface area contributed by atoms with Crippen LogP contribution in [0.5, 0.6) is 5.75 Å². The van der Waals surface area contributed by atoms with Gasteiger partial charge in [0.1, 0.15) is 11.9 Å². The van der Waals surface area contributed by atoms with Crippen LogP contribution in [-0.4, -0.2) is 17.8 Å². The van der Waals surface area contributed by atoms with E-state index in [1.54, 1.807) is 0 Å². The van der Waals surface area contributed by atoms with E-state index < -0.39 is 0 Å². The maximum absolute atomic E-state index is 9.17. The lowest BCUT2D eigenvalue weighted by Crippen LogP contribution is -2.17. The van der Waals surface area contributed by atoms with Gasteiger partial charge in [-0.25, -0.2) is 0 Å². The smallest absolute Gasteiger partial charge is 0.137 e. The Morgan fingerprint density at radius 3 is 2.76 bits per heavy atom. The number of hydrogen-bond acceptors (Lipinski definition) is 2. The van der Waals surface area contributed by atoms with Crippen LogP contribution >= 0.6 is 15.9 Å². The zero-order valence-electron chi connectivity index (χ0n) is 9.79. The summed E-state index contributed by atoms with van der Waals surface area (Å²) in [6, 6.07) is 4.49. The molecule has 0 bridgehead atoms. The molecule has 0 amide bonds. The molecule has 92 valence electrons. The van der Waals surface area contributed by atoms with E-state index >= 15 is 0 Å². The molecule has 1 aromatic carbocycles. The average Bonchev–Trinajstić information content (AvgIpc) is 2.97. The van der Waals surface area contributed by atoms with Gasteiger partial charge in [0, 0.05) is 6.42 Å². The van der Waals surface area contributed by atoms with Crippen LogP contribution in [0.1, 0.15) is 42.7 Å². The first-order valence-corrected chi connectivity index (χ1v) is 7.17. The fraction of sp³-hybridized carbons (Fsp3) is 0.571. The lowest BCUT2D eigenvalue weighted by atomic mass is 9.95. The topological polar surface area (TPSA) is 29.5 Å². The van der Waals surface area contributed by atoms with Crippen LogP contribution in [0.4, 0.5) is 0 Å². The van der Waals surface area contributed by atoms with Crippen molar-refractivity contribution in [3.8, 4) is 5.75 Å². The van der Waals surface area contributed by atoms with Gasteiger partial charge in [-0.1, -0.05) is 18.9 Å². The molecule has 0 saturated heterocycles. The van der Waals surface area contributed by atoms with Crippen molar-refractivity contribution in [1.82, 2.24) is 0 Å². The molecule has 0 unspecified atom stereocenters. The number of ether oxygens (including phenoxy) is 1. The molecular formula is C14H17BrO2. The molecule has 0 aromatic heterocycles. The van der Waals surface area contributed by atoms with Gasteiger partial charge in [0.2, 0.25) is 0 Å². The van der Waals surface area contributed by atoms with E-state index in [9.17, 15) is 0 Å². The van der Waals surface area contributed by atoms with Crippen molar-refractivity contribution in [2.24, 2.45) is 0 Å². The normalized spacial score (nSPS) is 23.8. The molecule has 0 radical (unpaired) electrons. The fourth-order valence-electron chi connectivity index (χ4n) is 3.01. The van der Waals surface area contributed by atoms with Crippen molar-refractivity contribution in [2.75, 3.05) is 6.61 Å². The minimum absolute atomic E-state index is 0.0554. The standard InChI is InChI=1S/C14H17BrO2/c15-13-7-10(9-3-1-2-4-9)5-11-6-12(8-16)17-14(11)13/h5,7,9,12,16H,1-4,6,8H2/t12-/m0/s1. The lowest BCUT2D eigenvalue weighted by Gasteiger charge is -2.12. The first kappa shape index (κ1) is 11.5. The van der Waals surface area contributed by atoms with Crippen molar-refractivity contribution < 1.29 is 9.84 Å². The Kier molecular flexibility index (Phi) is 3.14. The molecule has 1 aliphatic carbocycles. The SMILES string of the molecule is OC[C@@H]1Cc2cc(C3CCCC3)cc(Br)c2O1. The highest BCUT2D eigenvalue weighted by atomic mass is 79.9. The summed E-state index contributed by atoms with van der Waals surface area (Å²) in [5, 5.41) is 9.17. The van der Waals surface area contributed by atoms with Gasteiger partial charge in [-0.05, 0) is 51.9 Å². The summed E-state index contributed by atoms with van der Waals surface area (Å²) in [7, 11) is 0. The van der Waals surface area contributed by atoms with E-state index in [2.05, 4.69) is 28.1 Å². The van der Waals surface area contributed by atoms with Crippen LogP contribution in [0.15, 0.2) is 16.6 Å². The first-order valence-electron chi connectivity index (χ1n) is 6.37. The third-order valence-corrected chi connectivity index (χ3v) is 4.49. The summed E-state index contributed by atoms with van der Waals surface area (Å²) in [6.45, 7) is 0.0971. The van der Waals surface area contributed by atoms with Crippen LogP contribution in [-0.2, 0) is 6.42 Å². The largest absolute Gasteiger partial charge is 0.486 e. The molecule has 1 fully saturated rings. The highest BCUT2D eigenvalue weighted by molar-refractivity contribution is 9.10. The fourth-order valence-corrected chi connectivity index (χ4v) is 3.62. The maximum atomic E-state index is 9.17. The van der Waals surface area contributed by atoms with Crippen LogP contribution in [0, 0.1) is 0 Å². The van der Waals surface area contributed by atoms with Crippen LogP contribution in [0.3, 0.4) is 0 Å². The average molecular weight is 297 g/mol. The number of aliphatic hydroxyl groups excluding tert-OH is 1. The Bertz CT molecular complexity index is 424. The molecule has 2 nitrogen and oxygen atoms in total. The quantitative estimate of drug-likeness (QED) is 0.906. The Morgan fingerprint density at radius 1 is 1.29 bits per heavy atom. The van der Waals surface area contributed by atoms with Gasteiger partial charge < -0.3 is 9.84 Å². The predicted octanol–water partition coefficient (Wildman–Crippen LogP) is 3.40. The van der Waals surface area contributed by atoms with Gasteiger partial charge in [0.05, 0.1) is 11.1 Å². The summed E-state index contributed by atoms with van der Waals surface area (Å²) in [6.07, 6.45) is 6.13. The molecule has 1 aromatic rings. The molecule has 3 rings (SSSR count). The molecule has 1 saturated carbocycles. The van der Waals surface area contributed by atoms with E-state index in [1.165, 1.54) is 36.8 Å².